The normalized spacial score (nSPS) is 12.0. The fourth-order valence-corrected chi connectivity index (χ4v) is 2.19. The van der Waals surface area contributed by atoms with Gasteiger partial charge in [0.05, 0.1) is 6.61 Å². The highest BCUT2D eigenvalue weighted by molar-refractivity contribution is 9.09. The van der Waals surface area contributed by atoms with Gasteiger partial charge in [0.2, 0.25) is 0 Å². The minimum absolute atomic E-state index is 0.0124. The summed E-state index contributed by atoms with van der Waals surface area (Å²) in [5, 5.41) is 3.97. The summed E-state index contributed by atoms with van der Waals surface area (Å²) in [6.07, 6.45) is 4.30. The van der Waals surface area contributed by atoms with E-state index in [-0.39, 0.29) is 5.91 Å². The molecule has 0 spiro atoms. The van der Waals surface area contributed by atoms with E-state index in [2.05, 4.69) is 35.1 Å². The second-order valence-corrected chi connectivity index (χ2v) is 6.03. The van der Waals surface area contributed by atoms with E-state index in [0.717, 1.165) is 49.9 Å². The van der Waals surface area contributed by atoms with Crippen LogP contribution in [0.3, 0.4) is 0 Å². The molecule has 1 unspecified atom stereocenters. The zero-order chi connectivity index (χ0) is 15.5. The average Bonchev–Trinajstić information content (AvgIpc) is 2.52. The van der Waals surface area contributed by atoms with Gasteiger partial charge in [0.1, 0.15) is 5.75 Å². The first kappa shape index (κ1) is 18.0. The molecule has 1 aromatic carbocycles. The molecular formula is C17H26BrNO2. The molecule has 3 nitrogen and oxygen atoms in total. The van der Waals surface area contributed by atoms with Crippen molar-refractivity contribution >= 4 is 21.8 Å². The van der Waals surface area contributed by atoms with Gasteiger partial charge in [0, 0.05) is 17.4 Å². The molecule has 0 radical (unpaired) electrons. The Morgan fingerprint density at radius 2 is 2.00 bits per heavy atom. The van der Waals surface area contributed by atoms with Crippen molar-refractivity contribution in [2.75, 3.05) is 18.5 Å². The molecule has 0 bridgehead atoms. The van der Waals surface area contributed by atoms with Gasteiger partial charge in [-0.1, -0.05) is 36.2 Å². The Labute approximate surface area is 136 Å². The number of hydrogen-bond acceptors (Lipinski definition) is 2. The first-order chi connectivity index (χ1) is 10.2. The van der Waals surface area contributed by atoms with Crippen molar-refractivity contribution in [1.82, 2.24) is 5.32 Å². The van der Waals surface area contributed by atoms with Crippen molar-refractivity contribution in [3.63, 3.8) is 0 Å². The van der Waals surface area contributed by atoms with Crippen LogP contribution in [0.15, 0.2) is 24.3 Å². The van der Waals surface area contributed by atoms with E-state index < -0.39 is 0 Å². The number of benzene rings is 1. The van der Waals surface area contributed by atoms with Gasteiger partial charge in [-0.3, -0.25) is 4.79 Å². The lowest BCUT2D eigenvalue weighted by Gasteiger charge is -2.09. The Kier molecular flexibility index (Phi) is 9.15. The van der Waals surface area contributed by atoms with Crippen molar-refractivity contribution in [2.45, 2.75) is 39.5 Å². The molecular weight excluding hydrogens is 330 g/mol. The van der Waals surface area contributed by atoms with E-state index in [4.69, 9.17) is 4.74 Å². The number of amides is 1. The second kappa shape index (κ2) is 10.7. The first-order valence-corrected chi connectivity index (χ1v) is 8.86. The van der Waals surface area contributed by atoms with Crippen molar-refractivity contribution in [3.8, 4) is 5.75 Å². The maximum atomic E-state index is 12.0. The van der Waals surface area contributed by atoms with E-state index in [9.17, 15) is 4.79 Å². The number of carbonyl (C=O) groups excluding carboxylic acids is 1. The molecule has 21 heavy (non-hydrogen) atoms. The Balaban J connectivity index is 2.30. The lowest BCUT2D eigenvalue weighted by molar-refractivity contribution is 0.0952. The molecule has 0 saturated heterocycles. The molecule has 0 aliphatic carbocycles. The molecule has 0 saturated carbocycles. The molecule has 1 atom stereocenters. The van der Waals surface area contributed by atoms with Crippen LogP contribution in [-0.2, 0) is 0 Å². The van der Waals surface area contributed by atoms with Gasteiger partial charge in [-0.25, -0.2) is 0 Å². The monoisotopic (exact) mass is 355 g/mol. The summed E-state index contributed by atoms with van der Waals surface area (Å²) in [5.74, 6) is 1.47. The maximum Gasteiger partial charge on any atom is 0.251 e. The highest BCUT2D eigenvalue weighted by atomic mass is 79.9. The number of carbonyl (C=O) groups is 1. The lowest BCUT2D eigenvalue weighted by atomic mass is 10.1. The Hall–Kier alpha value is -1.03. The highest BCUT2D eigenvalue weighted by Crippen LogP contribution is 2.13. The van der Waals surface area contributed by atoms with Gasteiger partial charge in [-0.2, -0.15) is 0 Å². The Morgan fingerprint density at radius 1 is 1.29 bits per heavy atom. The molecule has 0 aromatic heterocycles. The SMILES string of the molecule is CCCCOc1ccc(C(=O)NCCCC(C)CBr)cc1. The number of nitrogens with one attached hydrogen (secondary N) is 1. The molecule has 1 rings (SSSR count). The van der Waals surface area contributed by atoms with Crippen LogP contribution in [0.1, 0.15) is 49.9 Å². The highest BCUT2D eigenvalue weighted by Gasteiger charge is 2.05. The zero-order valence-electron chi connectivity index (χ0n) is 13.0. The minimum atomic E-state index is -0.0124. The molecule has 1 amide bonds. The smallest absolute Gasteiger partial charge is 0.251 e. The molecule has 0 heterocycles. The van der Waals surface area contributed by atoms with Gasteiger partial charge in [0.25, 0.3) is 5.91 Å². The van der Waals surface area contributed by atoms with E-state index in [1.165, 1.54) is 0 Å². The zero-order valence-corrected chi connectivity index (χ0v) is 14.6. The number of rotatable bonds is 10. The van der Waals surface area contributed by atoms with Crippen LogP contribution >= 0.6 is 15.9 Å². The summed E-state index contributed by atoms with van der Waals surface area (Å²) in [4.78, 5) is 12.0. The quantitative estimate of drug-likeness (QED) is 0.498. The van der Waals surface area contributed by atoms with Crippen molar-refractivity contribution < 1.29 is 9.53 Å². The summed E-state index contributed by atoms with van der Waals surface area (Å²) in [7, 11) is 0. The first-order valence-electron chi connectivity index (χ1n) is 7.74. The molecule has 118 valence electrons. The standard InChI is InChI=1S/C17H26BrNO2/c1-3-4-12-21-16-9-7-15(8-10-16)17(20)19-11-5-6-14(2)13-18/h7-10,14H,3-6,11-13H2,1-2H3,(H,19,20). The van der Waals surface area contributed by atoms with Crippen LogP contribution in [0.25, 0.3) is 0 Å². The third-order valence-electron chi connectivity index (χ3n) is 3.31. The van der Waals surface area contributed by atoms with Crippen molar-refractivity contribution in [1.29, 1.82) is 0 Å². The lowest BCUT2D eigenvalue weighted by Crippen LogP contribution is -2.24. The predicted octanol–water partition coefficient (Wildman–Crippen LogP) is 4.41. The largest absolute Gasteiger partial charge is 0.494 e. The number of halogens is 1. The second-order valence-electron chi connectivity index (χ2n) is 5.38. The van der Waals surface area contributed by atoms with Gasteiger partial charge >= 0.3 is 0 Å². The molecule has 1 N–H and O–H groups in total. The van der Waals surface area contributed by atoms with Crippen LogP contribution < -0.4 is 10.1 Å². The van der Waals surface area contributed by atoms with Crippen molar-refractivity contribution in [2.24, 2.45) is 5.92 Å². The van der Waals surface area contributed by atoms with E-state index >= 15 is 0 Å². The third kappa shape index (κ3) is 7.51. The predicted molar refractivity (Wildman–Crippen MR) is 91.4 cm³/mol. The van der Waals surface area contributed by atoms with Gasteiger partial charge in [-0.05, 0) is 49.4 Å². The maximum absolute atomic E-state index is 12.0. The van der Waals surface area contributed by atoms with Crippen LogP contribution in [0, 0.1) is 5.92 Å². The van der Waals surface area contributed by atoms with E-state index in [0.29, 0.717) is 11.5 Å². The number of hydrogen-bond donors (Lipinski definition) is 1. The molecule has 0 aliphatic heterocycles. The number of ether oxygens (including phenoxy) is 1. The van der Waals surface area contributed by atoms with E-state index in [1.54, 1.807) is 0 Å². The summed E-state index contributed by atoms with van der Waals surface area (Å²) in [6.45, 7) is 5.79. The molecule has 4 heteroatoms. The van der Waals surface area contributed by atoms with Gasteiger partial charge in [0.15, 0.2) is 0 Å². The van der Waals surface area contributed by atoms with Crippen LogP contribution in [0.4, 0.5) is 0 Å². The van der Waals surface area contributed by atoms with Crippen LogP contribution in [0.2, 0.25) is 0 Å². The molecule has 0 aliphatic rings. The molecule has 0 fully saturated rings. The minimum Gasteiger partial charge on any atom is -0.494 e. The summed E-state index contributed by atoms with van der Waals surface area (Å²) in [6, 6.07) is 7.35. The van der Waals surface area contributed by atoms with Gasteiger partial charge in [-0.15, -0.1) is 0 Å². The number of alkyl halides is 1. The average molecular weight is 356 g/mol. The summed E-state index contributed by atoms with van der Waals surface area (Å²) in [5.41, 5.74) is 0.686. The Morgan fingerprint density at radius 3 is 2.62 bits per heavy atom. The fourth-order valence-electron chi connectivity index (χ4n) is 1.87. The third-order valence-corrected chi connectivity index (χ3v) is 4.41. The number of unbranched alkanes of at least 4 members (excludes halogenated alkanes) is 1. The van der Waals surface area contributed by atoms with E-state index in [1.807, 2.05) is 24.3 Å². The van der Waals surface area contributed by atoms with Crippen LogP contribution in [0.5, 0.6) is 5.75 Å². The summed E-state index contributed by atoms with van der Waals surface area (Å²) < 4.78 is 5.58. The fraction of sp³-hybridized carbons (Fsp3) is 0.588. The Bertz CT molecular complexity index is 406. The van der Waals surface area contributed by atoms with Crippen molar-refractivity contribution in [3.05, 3.63) is 29.8 Å². The molecule has 1 aromatic rings. The van der Waals surface area contributed by atoms with Gasteiger partial charge < -0.3 is 10.1 Å². The topological polar surface area (TPSA) is 38.3 Å². The summed E-state index contributed by atoms with van der Waals surface area (Å²) >= 11 is 3.46. The van der Waals surface area contributed by atoms with Crippen LogP contribution in [-0.4, -0.2) is 24.4 Å².